The molecular weight excluding hydrogens is 451 g/mol. The minimum absolute atomic E-state index is 0.145. The zero-order valence-electron chi connectivity index (χ0n) is 21.2. The molecule has 0 saturated carbocycles. The van der Waals surface area contributed by atoms with Crippen molar-refractivity contribution >= 4 is 11.9 Å². The molecular formula is C27H33FN2O5. The maximum Gasteiger partial charge on any atom is 0.320 e. The van der Waals surface area contributed by atoms with Crippen molar-refractivity contribution in [3.63, 3.8) is 0 Å². The second kappa shape index (κ2) is 11.8. The zero-order valence-corrected chi connectivity index (χ0v) is 21.2. The molecule has 2 rings (SSSR count). The van der Waals surface area contributed by atoms with Crippen LogP contribution in [0.2, 0.25) is 0 Å². The average molecular weight is 485 g/mol. The summed E-state index contributed by atoms with van der Waals surface area (Å²) in [6.07, 6.45) is 0. The van der Waals surface area contributed by atoms with Gasteiger partial charge in [-0.2, -0.15) is 5.26 Å². The first-order chi connectivity index (χ1) is 16.2. The van der Waals surface area contributed by atoms with Crippen LogP contribution < -0.4 is 4.74 Å². The number of hydrogen-bond acceptors (Lipinski definition) is 7. The SMILES string of the molecule is CC(C)(C)OC(=O)CN(CC(=O)OC(C)(C)C)Cc1ccc(C#N)cc1OCc1ccc(F)cc1. The molecule has 8 heteroatoms. The van der Waals surface area contributed by atoms with Crippen molar-refractivity contribution in [3.05, 3.63) is 65.0 Å². The van der Waals surface area contributed by atoms with Crippen LogP contribution in [0.25, 0.3) is 0 Å². The zero-order chi connectivity index (χ0) is 26.2. The van der Waals surface area contributed by atoms with E-state index in [4.69, 9.17) is 14.2 Å². The van der Waals surface area contributed by atoms with E-state index in [2.05, 4.69) is 6.07 Å². The highest BCUT2D eigenvalue weighted by Crippen LogP contribution is 2.24. The second-order valence-electron chi connectivity index (χ2n) is 10.2. The minimum Gasteiger partial charge on any atom is -0.489 e. The topological polar surface area (TPSA) is 88.9 Å². The van der Waals surface area contributed by atoms with Crippen LogP contribution in [0.5, 0.6) is 5.75 Å². The average Bonchev–Trinajstić information content (AvgIpc) is 2.71. The van der Waals surface area contributed by atoms with Crippen molar-refractivity contribution in [2.24, 2.45) is 0 Å². The van der Waals surface area contributed by atoms with Gasteiger partial charge in [0.05, 0.1) is 24.7 Å². The molecule has 0 heterocycles. The molecule has 0 aliphatic heterocycles. The van der Waals surface area contributed by atoms with E-state index >= 15 is 0 Å². The molecule has 7 nitrogen and oxygen atoms in total. The second-order valence-corrected chi connectivity index (χ2v) is 10.2. The molecule has 2 aromatic rings. The summed E-state index contributed by atoms with van der Waals surface area (Å²) in [7, 11) is 0. The number of carbonyl (C=O) groups excluding carboxylic acids is 2. The molecule has 0 aliphatic carbocycles. The molecule has 0 amide bonds. The van der Waals surface area contributed by atoms with E-state index in [0.29, 0.717) is 16.9 Å². The van der Waals surface area contributed by atoms with Gasteiger partial charge in [-0.25, -0.2) is 4.39 Å². The van der Waals surface area contributed by atoms with Gasteiger partial charge in [-0.3, -0.25) is 14.5 Å². The number of benzene rings is 2. The van der Waals surface area contributed by atoms with Gasteiger partial charge in [-0.05, 0) is 71.4 Å². The highest BCUT2D eigenvalue weighted by molar-refractivity contribution is 5.75. The van der Waals surface area contributed by atoms with Gasteiger partial charge in [0, 0.05) is 12.1 Å². The van der Waals surface area contributed by atoms with E-state index in [1.54, 1.807) is 76.8 Å². The van der Waals surface area contributed by atoms with E-state index in [9.17, 15) is 19.2 Å². The van der Waals surface area contributed by atoms with E-state index in [1.807, 2.05) is 0 Å². The normalized spacial score (nSPS) is 11.6. The van der Waals surface area contributed by atoms with Gasteiger partial charge in [-0.1, -0.05) is 18.2 Å². The van der Waals surface area contributed by atoms with Crippen LogP contribution in [0.1, 0.15) is 58.2 Å². The lowest BCUT2D eigenvalue weighted by Gasteiger charge is -2.27. The molecule has 0 aromatic heterocycles. The summed E-state index contributed by atoms with van der Waals surface area (Å²) in [5.41, 5.74) is 0.463. The molecule has 0 aliphatic rings. The molecule has 0 N–H and O–H groups in total. The van der Waals surface area contributed by atoms with Gasteiger partial charge < -0.3 is 14.2 Å². The van der Waals surface area contributed by atoms with Crippen LogP contribution in [0.3, 0.4) is 0 Å². The van der Waals surface area contributed by atoms with E-state index in [-0.39, 0.29) is 32.1 Å². The summed E-state index contributed by atoms with van der Waals surface area (Å²) in [6, 6.07) is 12.9. The van der Waals surface area contributed by atoms with Gasteiger partial charge in [0.1, 0.15) is 29.4 Å². The summed E-state index contributed by atoms with van der Waals surface area (Å²) in [6.45, 7) is 10.6. The van der Waals surface area contributed by atoms with Crippen molar-refractivity contribution in [1.29, 1.82) is 5.26 Å². The number of hydrogen-bond donors (Lipinski definition) is 0. The summed E-state index contributed by atoms with van der Waals surface area (Å²) in [5, 5.41) is 9.32. The molecule has 0 fully saturated rings. The fourth-order valence-corrected chi connectivity index (χ4v) is 3.15. The summed E-state index contributed by atoms with van der Waals surface area (Å²) in [5.74, 6) is -0.889. The van der Waals surface area contributed by atoms with Crippen LogP contribution in [-0.2, 0) is 32.2 Å². The van der Waals surface area contributed by atoms with Crippen LogP contribution in [0, 0.1) is 17.1 Å². The van der Waals surface area contributed by atoms with Crippen molar-refractivity contribution in [3.8, 4) is 11.8 Å². The standard InChI is InChI=1S/C27H33FN2O5/c1-26(2,3)34-24(31)16-30(17-25(32)35-27(4,5)6)15-21-10-7-20(14-29)13-23(21)33-18-19-8-11-22(28)12-9-19/h7-13H,15-18H2,1-6H3. The first-order valence-electron chi connectivity index (χ1n) is 11.3. The third kappa shape index (κ3) is 10.6. The van der Waals surface area contributed by atoms with Gasteiger partial charge in [0.15, 0.2) is 0 Å². The fraction of sp³-hybridized carbons (Fsp3) is 0.444. The molecule has 35 heavy (non-hydrogen) atoms. The van der Waals surface area contributed by atoms with Gasteiger partial charge in [0.2, 0.25) is 0 Å². The van der Waals surface area contributed by atoms with Crippen molar-refractivity contribution in [1.82, 2.24) is 4.90 Å². The molecule has 0 spiro atoms. The number of rotatable bonds is 9. The Kier molecular flexibility index (Phi) is 9.38. The third-order valence-corrected chi connectivity index (χ3v) is 4.44. The van der Waals surface area contributed by atoms with Crippen molar-refractivity contribution < 1.29 is 28.2 Å². The van der Waals surface area contributed by atoms with Crippen LogP contribution in [0.15, 0.2) is 42.5 Å². The Morgan fingerprint density at radius 1 is 0.914 bits per heavy atom. The Bertz CT molecular complexity index is 1030. The monoisotopic (exact) mass is 484 g/mol. The van der Waals surface area contributed by atoms with E-state index in [1.165, 1.54) is 12.1 Å². The highest BCUT2D eigenvalue weighted by atomic mass is 19.1. The Balaban J connectivity index is 2.26. The fourth-order valence-electron chi connectivity index (χ4n) is 3.15. The highest BCUT2D eigenvalue weighted by Gasteiger charge is 2.24. The lowest BCUT2D eigenvalue weighted by Crippen LogP contribution is -2.39. The smallest absolute Gasteiger partial charge is 0.320 e. The Labute approximate surface area is 206 Å². The summed E-state index contributed by atoms with van der Waals surface area (Å²) < 4.78 is 30.0. The molecule has 0 bridgehead atoms. The maximum absolute atomic E-state index is 13.2. The number of esters is 2. The number of carbonyl (C=O) groups is 2. The molecule has 0 radical (unpaired) electrons. The molecule has 0 saturated heterocycles. The van der Waals surface area contributed by atoms with Crippen molar-refractivity contribution in [2.45, 2.75) is 65.9 Å². The third-order valence-electron chi connectivity index (χ3n) is 4.44. The molecule has 0 atom stereocenters. The first kappa shape index (κ1) is 27.8. The maximum atomic E-state index is 13.2. The van der Waals surface area contributed by atoms with Gasteiger partial charge in [-0.15, -0.1) is 0 Å². The first-order valence-corrected chi connectivity index (χ1v) is 11.3. The number of nitrogens with zero attached hydrogens (tertiary/aromatic N) is 2. The molecule has 2 aromatic carbocycles. The minimum atomic E-state index is -0.674. The van der Waals surface area contributed by atoms with E-state index in [0.717, 1.165) is 5.56 Å². The van der Waals surface area contributed by atoms with Crippen LogP contribution >= 0.6 is 0 Å². The summed E-state index contributed by atoms with van der Waals surface area (Å²) >= 11 is 0. The predicted octanol–water partition coefficient (Wildman–Crippen LogP) is 4.76. The van der Waals surface area contributed by atoms with Gasteiger partial charge >= 0.3 is 11.9 Å². The Morgan fingerprint density at radius 2 is 1.46 bits per heavy atom. The van der Waals surface area contributed by atoms with Crippen molar-refractivity contribution in [2.75, 3.05) is 13.1 Å². The van der Waals surface area contributed by atoms with Gasteiger partial charge in [0.25, 0.3) is 0 Å². The predicted molar refractivity (Wildman–Crippen MR) is 129 cm³/mol. The Morgan fingerprint density at radius 3 is 1.94 bits per heavy atom. The van der Waals surface area contributed by atoms with Crippen LogP contribution in [0.4, 0.5) is 4.39 Å². The number of halogens is 1. The number of ether oxygens (including phenoxy) is 3. The largest absolute Gasteiger partial charge is 0.489 e. The number of nitriles is 1. The Hall–Kier alpha value is -3.44. The van der Waals surface area contributed by atoms with Crippen LogP contribution in [-0.4, -0.2) is 41.1 Å². The lowest BCUT2D eigenvalue weighted by molar-refractivity contribution is -0.160. The molecule has 0 unspecified atom stereocenters. The lowest BCUT2D eigenvalue weighted by atomic mass is 10.1. The molecule has 188 valence electrons. The quantitative estimate of drug-likeness (QED) is 0.474. The summed E-state index contributed by atoms with van der Waals surface area (Å²) in [4.78, 5) is 26.7. The van der Waals surface area contributed by atoms with E-state index < -0.39 is 23.1 Å².